The van der Waals surface area contributed by atoms with Crippen molar-refractivity contribution in [1.29, 1.82) is 0 Å². The number of hydrazine groups is 1. The van der Waals surface area contributed by atoms with E-state index in [1.807, 2.05) is 0 Å². The van der Waals surface area contributed by atoms with E-state index >= 15 is 0 Å². The lowest BCUT2D eigenvalue weighted by Crippen LogP contribution is -2.41. The molecule has 23 heavy (non-hydrogen) atoms. The number of para-hydroxylation sites is 1. The SMILES string of the molecule is O=C(NNC(=O)c1ccccc1O)c1cc2cc(Cl)ccc2[nH]1. The molecule has 2 amide bonds. The van der Waals surface area contributed by atoms with Crippen molar-refractivity contribution in [3.63, 3.8) is 0 Å². The molecule has 0 atom stereocenters. The summed E-state index contributed by atoms with van der Waals surface area (Å²) in [5.41, 5.74) is 5.64. The molecule has 0 radical (unpaired) electrons. The van der Waals surface area contributed by atoms with Gasteiger partial charge in [0.25, 0.3) is 11.8 Å². The molecule has 116 valence electrons. The highest BCUT2D eigenvalue weighted by atomic mass is 35.5. The number of nitrogens with one attached hydrogen (secondary N) is 3. The Morgan fingerprint density at radius 1 is 1.00 bits per heavy atom. The van der Waals surface area contributed by atoms with Crippen molar-refractivity contribution in [2.75, 3.05) is 0 Å². The van der Waals surface area contributed by atoms with E-state index in [1.54, 1.807) is 36.4 Å². The molecule has 0 fully saturated rings. The lowest BCUT2D eigenvalue weighted by atomic mass is 10.2. The Bertz CT molecular complexity index is 904. The summed E-state index contributed by atoms with van der Waals surface area (Å²) in [6, 6.07) is 12.9. The van der Waals surface area contributed by atoms with Crippen LogP contribution in [0, 0.1) is 0 Å². The molecule has 3 rings (SSSR count). The minimum Gasteiger partial charge on any atom is -0.507 e. The molecule has 3 aromatic rings. The van der Waals surface area contributed by atoms with Crippen molar-refractivity contribution in [1.82, 2.24) is 15.8 Å². The summed E-state index contributed by atoms with van der Waals surface area (Å²) in [5, 5.41) is 10.9. The number of hydrogen-bond donors (Lipinski definition) is 4. The number of aromatic nitrogens is 1. The normalized spacial score (nSPS) is 10.5. The topological polar surface area (TPSA) is 94.2 Å². The fourth-order valence-electron chi connectivity index (χ4n) is 2.14. The average Bonchev–Trinajstić information content (AvgIpc) is 2.95. The second kappa shape index (κ2) is 6.02. The fourth-order valence-corrected chi connectivity index (χ4v) is 2.32. The van der Waals surface area contributed by atoms with E-state index < -0.39 is 11.8 Å². The molecule has 0 aliphatic rings. The van der Waals surface area contributed by atoms with Gasteiger partial charge in [0.1, 0.15) is 11.4 Å². The molecule has 2 aromatic carbocycles. The van der Waals surface area contributed by atoms with Gasteiger partial charge in [-0.3, -0.25) is 20.4 Å². The number of H-pyrrole nitrogens is 1. The number of carbonyl (C=O) groups excluding carboxylic acids is 2. The zero-order valence-electron chi connectivity index (χ0n) is 11.8. The Labute approximate surface area is 136 Å². The third-order valence-corrected chi connectivity index (χ3v) is 3.50. The van der Waals surface area contributed by atoms with Crippen LogP contribution in [0.1, 0.15) is 20.8 Å². The van der Waals surface area contributed by atoms with Gasteiger partial charge in [-0.1, -0.05) is 23.7 Å². The van der Waals surface area contributed by atoms with Gasteiger partial charge in [0.2, 0.25) is 0 Å². The molecule has 6 nitrogen and oxygen atoms in total. The molecule has 0 bridgehead atoms. The summed E-state index contributed by atoms with van der Waals surface area (Å²) in [5.74, 6) is -1.30. The highest BCUT2D eigenvalue weighted by molar-refractivity contribution is 6.31. The van der Waals surface area contributed by atoms with Crippen LogP contribution in [0.5, 0.6) is 5.75 Å². The van der Waals surface area contributed by atoms with Gasteiger partial charge in [-0.2, -0.15) is 0 Å². The van der Waals surface area contributed by atoms with Crippen LogP contribution < -0.4 is 10.9 Å². The number of aromatic hydroxyl groups is 1. The first-order valence-corrected chi connectivity index (χ1v) is 7.09. The number of hydrogen-bond acceptors (Lipinski definition) is 3. The van der Waals surface area contributed by atoms with Crippen LogP contribution in [-0.2, 0) is 0 Å². The van der Waals surface area contributed by atoms with Crippen LogP contribution in [0.15, 0.2) is 48.5 Å². The van der Waals surface area contributed by atoms with Crippen LogP contribution in [-0.4, -0.2) is 21.9 Å². The van der Waals surface area contributed by atoms with Crippen LogP contribution in [0.3, 0.4) is 0 Å². The minimum absolute atomic E-state index is 0.0660. The first-order valence-electron chi connectivity index (χ1n) is 6.71. The summed E-state index contributed by atoms with van der Waals surface area (Å²) in [7, 11) is 0. The number of benzene rings is 2. The van der Waals surface area contributed by atoms with E-state index in [0.717, 1.165) is 10.9 Å². The Hall–Kier alpha value is -2.99. The maximum absolute atomic E-state index is 12.1. The summed E-state index contributed by atoms with van der Waals surface area (Å²) in [6.45, 7) is 0. The second-order valence-corrected chi connectivity index (χ2v) is 5.28. The first kappa shape index (κ1) is 14.9. The van der Waals surface area contributed by atoms with Crippen LogP contribution >= 0.6 is 11.6 Å². The molecule has 0 aliphatic carbocycles. The number of fused-ring (bicyclic) bond motifs is 1. The lowest BCUT2D eigenvalue weighted by Gasteiger charge is -2.07. The summed E-state index contributed by atoms with van der Waals surface area (Å²) < 4.78 is 0. The van der Waals surface area contributed by atoms with Crippen LogP contribution in [0.25, 0.3) is 10.9 Å². The summed E-state index contributed by atoms with van der Waals surface area (Å²) in [4.78, 5) is 26.9. The predicted octanol–water partition coefficient (Wildman–Crippen LogP) is 2.60. The van der Waals surface area contributed by atoms with Crippen molar-refractivity contribution < 1.29 is 14.7 Å². The summed E-state index contributed by atoms with van der Waals surface area (Å²) in [6.07, 6.45) is 0. The van der Waals surface area contributed by atoms with Crippen molar-refractivity contribution in [2.45, 2.75) is 0 Å². The zero-order chi connectivity index (χ0) is 16.4. The van der Waals surface area contributed by atoms with E-state index in [0.29, 0.717) is 5.02 Å². The molecule has 1 aromatic heterocycles. The molecule has 0 aliphatic heterocycles. The predicted molar refractivity (Wildman–Crippen MR) is 86.3 cm³/mol. The monoisotopic (exact) mass is 329 g/mol. The van der Waals surface area contributed by atoms with Gasteiger partial charge >= 0.3 is 0 Å². The molecular weight excluding hydrogens is 318 g/mol. The van der Waals surface area contributed by atoms with Crippen molar-refractivity contribution >= 4 is 34.3 Å². The second-order valence-electron chi connectivity index (χ2n) is 4.84. The van der Waals surface area contributed by atoms with E-state index in [4.69, 9.17) is 11.6 Å². The van der Waals surface area contributed by atoms with Gasteiger partial charge in [-0.25, -0.2) is 0 Å². The minimum atomic E-state index is -0.615. The molecule has 0 saturated heterocycles. The number of halogens is 1. The number of amides is 2. The molecule has 0 saturated carbocycles. The van der Waals surface area contributed by atoms with Crippen molar-refractivity contribution in [3.8, 4) is 5.75 Å². The fraction of sp³-hybridized carbons (Fsp3) is 0. The zero-order valence-corrected chi connectivity index (χ0v) is 12.5. The van der Waals surface area contributed by atoms with Gasteiger partial charge in [0, 0.05) is 15.9 Å². The van der Waals surface area contributed by atoms with Gasteiger partial charge in [0.15, 0.2) is 0 Å². The maximum atomic E-state index is 12.1. The maximum Gasteiger partial charge on any atom is 0.286 e. The van der Waals surface area contributed by atoms with Crippen LogP contribution in [0.4, 0.5) is 0 Å². The first-order chi connectivity index (χ1) is 11.0. The highest BCUT2D eigenvalue weighted by Crippen LogP contribution is 2.20. The molecule has 4 N–H and O–H groups in total. The lowest BCUT2D eigenvalue weighted by molar-refractivity contribution is 0.0843. The number of carbonyl (C=O) groups is 2. The smallest absolute Gasteiger partial charge is 0.286 e. The van der Waals surface area contributed by atoms with Crippen molar-refractivity contribution in [3.05, 3.63) is 64.8 Å². The van der Waals surface area contributed by atoms with E-state index in [9.17, 15) is 14.7 Å². The van der Waals surface area contributed by atoms with E-state index in [2.05, 4.69) is 15.8 Å². The molecular formula is C16H12ClN3O3. The Morgan fingerprint density at radius 2 is 1.74 bits per heavy atom. The van der Waals surface area contributed by atoms with Gasteiger partial charge in [0.05, 0.1) is 5.56 Å². The molecule has 7 heteroatoms. The average molecular weight is 330 g/mol. The van der Waals surface area contributed by atoms with Crippen LogP contribution in [0.2, 0.25) is 5.02 Å². The Morgan fingerprint density at radius 3 is 2.52 bits per heavy atom. The van der Waals surface area contributed by atoms with Crippen molar-refractivity contribution in [2.24, 2.45) is 0 Å². The van der Waals surface area contributed by atoms with E-state index in [1.165, 1.54) is 12.1 Å². The number of aromatic amines is 1. The largest absolute Gasteiger partial charge is 0.507 e. The third-order valence-electron chi connectivity index (χ3n) is 3.27. The standard InChI is InChI=1S/C16H12ClN3O3/c17-10-5-6-12-9(7-10)8-13(18-12)16(23)20-19-15(22)11-3-1-2-4-14(11)21/h1-8,18,21H,(H,19,22)(H,20,23). The number of phenols is 1. The number of rotatable bonds is 2. The molecule has 0 spiro atoms. The van der Waals surface area contributed by atoms with Gasteiger partial charge in [-0.05, 0) is 36.4 Å². The molecule has 0 unspecified atom stereocenters. The third kappa shape index (κ3) is 3.12. The quantitative estimate of drug-likeness (QED) is 0.544. The summed E-state index contributed by atoms with van der Waals surface area (Å²) >= 11 is 5.90. The van der Waals surface area contributed by atoms with Gasteiger partial charge < -0.3 is 10.1 Å². The van der Waals surface area contributed by atoms with Gasteiger partial charge in [-0.15, -0.1) is 0 Å². The molecule has 1 heterocycles. The highest BCUT2D eigenvalue weighted by Gasteiger charge is 2.13. The van der Waals surface area contributed by atoms with E-state index in [-0.39, 0.29) is 17.0 Å². The number of phenolic OH excluding ortho intramolecular Hbond substituents is 1. The Balaban J connectivity index is 1.71. The Kier molecular flexibility index (Phi) is 3.91.